The Bertz CT molecular complexity index is 534. The van der Waals surface area contributed by atoms with Crippen LogP contribution in [0.15, 0.2) is 30.3 Å². The van der Waals surface area contributed by atoms with Crippen LogP contribution in [0.4, 0.5) is 4.79 Å². The molecule has 2 atom stereocenters. The van der Waals surface area contributed by atoms with Crippen LogP contribution in [0.25, 0.3) is 0 Å². The van der Waals surface area contributed by atoms with E-state index in [4.69, 9.17) is 9.47 Å². The molecule has 2 bridgehead atoms. The van der Waals surface area contributed by atoms with E-state index in [2.05, 4.69) is 0 Å². The average Bonchev–Trinajstić information content (AvgIpc) is 2.58. The molecule has 24 heavy (non-hydrogen) atoms. The fourth-order valence-electron chi connectivity index (χ4n) is 4.11. The number of carbonyl (C=O) groups excluding carboxylic acids is 1. The lowest BCUT2D eigenvalue weighted by Gasteiger charge is -2.51. The summed E-state index contributed by atoms with van der Waals surface area (Å²) in [6.45, 7) is 0.845. The van der Waals surface area contributed by atoms with Gasteiger partial charge in [-0.1, -0.05) is 30.3 Å². The summed E-state index contributed by atoms with van der Waals surface area (Å²) in [7, 11) is 1.65. The number of carbonyl (C=O) groups is 1. The van der Waals surface area contributed by atoms with Gasteiger partial charge in [-0.3, -0.25) is 0 Å². The predicted molar refractivity (Wildman–Crippen MR) is 90.6 cm³/mol. The van der Waals surface area contributed by atoms with Crippen LogP contribution < -0.4 is 0 Å². The van der Waals surface area contributed by atoms with Crippen LogP contribution in [0.1, 0.15) is 44.1 Å². The Morgan fingerprint density at radius 2 is 1.92 bits per heavy atom. The number of nitrogens with zero attached hydrogens (tertiary/aromatic N) is 1. The molecule has 1 aromatic carbocycles. The molecule has 5 nitrogen and oxygen atoms in total. The lowest BCUT2D eigenvalue weighted by molar-refractivity contribution is -0.0958. The lowest BCUT2D eigenvalue weighted by Crippen LogP contribution is -2.60. The van der Waals surface area contributed by atoms with Crippen molar-refractivity contribution in [2.24, 2.45) is 0 Å². The number of aliphatic hydroxyl groups is 1. The van der Waals surface area contributed by atoms with Crippen molar-refractivity contribution in [3.8, 4) is 0 Å². The second-order valence-corrected chi connectivity index (χ2v) is 7.06. The minimum atomic E-state index is -0.720. The molecule has 2 fully saturated rings. The highest BCUT2D eigenvalue weighted by atomic mass is 16.6. The maximum Gasteiger partial charge on any atom is 0.410 e. The summed E-state index contributed by atoms with van der Waals surface area (Å²) < 4.78 is 10.7. The van der Waals surface area contributed by atoms with Crippen LogP contribution in [0.3, 0.4) is 0 Å². The first-order chi connectivity index (χ1) is 11.6. The van der Waals surface area contributed by atoms with Crippen LogP contribution in [0, 0.1) is 0 Å². The van der Waals surface area contributed by atoms with E-state index in [0.717, 1.165) is 24.8 Å². The maximum atomic E-state index is 12.6. The molecule has 5 heteroatoms. The zero-order valence-corrected chi connectivity index (χ0v) is 14.3. The van der Waals surface area contributed by atoms with Gasteiger partial charge < -0.3 is 19.5 Å². The number of methoxy groups -OCH3 is 1. The van der Waals surface area contributed by atoms with Gasteiger partial charge in [0.1, 0.15) is 6.61 Å². The Morgan fingerprint density at radius 3 is 2.54 bits per heavy atom. The molecule has 0 saturated carbocycles. The summed E-state index contributed by atoms with van der Waals surface area (Å²) in [4.78, 5) is 14.5. The highest BCUT2D eigenvalue weighted by molar-refractivity contribution is 5.69. The van der Waals surface area contributed by atoms with E-state index < -0.39 is 5.60 Å². The summed E-state index contributed by atoms with van der Waals surface area (Å²) in [6, 6.07) is 9.87. The Hall–Kier alpha value is -1.59. The first-order valence-corrected chi connectivity index (χ1v) is 8.82. The highest BCUT2D eigenvalue weighted by Crippen LogP contribution is 2.41. The molecule has 1 N–H and O–H groups in total. The monoisotopic (exact) mass is 333 g/mol. The van der Waals surface area contributed by atoms with Gasteiger partial charge in [-0.05, 0) is 44.1 Å². The number of piperidine rings is 2. The topological polar surface area (TPSA) is 59.0 Å². The molecule has 1 aromatic rings. The number of ether oxygens (including phenoxy) is 2. The van der Waals surface area contributed by atoms with E-state index in [1.807, 2.05) is 35.2 Å². The number of fused-ring (bicyclic) bond motifs is 2. The molecule has 0 radical (unpaired) electrons. The van der Waals surface area contributed by atoms with Gasteiger partial charge in [-0.2, -0.15) is 0 Å². The number of rotatable bonds is 5. The molecule has 2 aliphatic rings. The quantitative estimate of drug-likeness (QED) is 0.899. The predicted octanol–water partition coefficient (Wildman–Crippen LogP) is 3.11. The van der Waals surface area contributed by atoms with Crippen LogP contribution in [-0.4, -0.2) is 47.5 Å². The molecule has 1 amide bonds. The molecule has 0 spiro atoms. The Morgan fingerprint density at radius 1 is 1.25 bits per heavy atom. The van der Waals surface area contributed by atoms with Crippen molar-refractivity contribution in [1.29, 1.82) is 0 Å². The molecular formula is C19H27NO4. The molecule has 0 aliphatic carbocycles. The highest BCUT2D eigenvalue weighted by Gasteiger charge is 2.47. The second kappa shape index (κ2) is 7.53. The minimum Gasteiger partial charge on any atom is -0.445 e. The van der Waals surface area contributed by atoms with Crippen LogP contribution >= 0.6 is 0 Å². The van der Waals surface area contributed by atoms with Crippen LogP contribution in [-0.2, 0) is 16.1 Å². The Balaban J connectivity index is 1.62. The van der Waals surface area contributed by atoms with E-state index in [-0.39, 0.29) is 18.2 Å². The molecule has 132 valence electrons. The smallest absolute Gasteiger partial charge is 0.410 e. The van der Waals surface area contributed by atoms with Gasteiger partial charge in [-0.15, -0.1) is 0 Å². The SMILES string of the molecule is COCCC1(O)CC2CCCC(C1)N2C(=O)OCc1ccccc1. The third kappa shape index (κ3) is 3.90. The maximum absolute atomic E-state index is 12.6. The molecule has 2 aliphatic heterocycles. The lowest BCUT2D eigenvalue weighted by atomic mass is 9.74. The molecule has 2 heterocycles. The molecule has 2 unspecified atom stereocenters. The summed E-state index contributed by atoms with van der Waals surface area (Å²) in [5.41, 5.74) is 0.270. The average molecular weight is 333 g/mol. The second-order valence-electron chi connectivity index (χ2n) is 7.06. The number of amides is 1. The fraction of sp³-hybridized carbons (Fsp3) is 0.632. The zero-order valence-electron chi connectivity index (χ0n) is 14.3. The summed E-state index contributed by atoms with van der Waals surface area (Å²) in [6.07, 6.45) is 4.60. The van der Waals surface area contributed by atoms with Crippen molar-refractivity contribution >= 4 is 6.09 Å². The Labute approximate surface area is 143 Å². The van der Waals surface area contributed by atoms with Gasteiger partial charge >= 0.3 is 6.09 Å². The fourth-order valence-corrected chi connectivity index (χ4v) is 4.11. The normalized spacial score (nSPS) is 29.3. The van der Waals surface area contributed by atoms with Gasteiger partial charge in [0.25, 0.3) is 0 Å². The first-order valence-electron chi connectivity index (χ1n) is 8.82. The molecule has 3 rings (SSSR count). The van der Waals surface area contributed by atoms with E-state index >= 15 is 0 Å². The van der Waals surface area contributed by atoms with Crippen molar-refractivity contribution in [2.75, 3.05) is 13.7 Å². The van der Waals surface area contributed by atoms with Crippen LogP contribution in [0.2, 0.25) is 0 Å². The van der Waals surface area contributed by atoms with Gasteiger partial charge in [0, 0.05) is 25.8 Å². The van der Waals surface area contributed by atoms with E-state index in [9.17, 15) is 9.90 Å². The zero-order chi connectivity index (χ0) is 17.0. The number of hydrogen-bond donors (Lipinski definition) is 1. The van der Waals surface area contributed by atoms with Crippen molar-refractivity contribution < 1.29 is 19.4 Å². The Kier molecular flexibility index (Phi) is 5.41. The largest absolute Gasteiger partial charge is 0.445 e. The summed E-state index contributed by atoms with van der Waals surface area (Å²) in [5.74, 6) is 0. The number of hydrogen-bond acceptors (Lipinski definition) is 4. The van der Waals surface area contributed by atoms with E-state index in [1.54, 1.807) is 7.11 Å². The van der Waals surface area contributed by atoms with Crippen LogP contribution in [0.5, 0.6) is 0 Å². The van der Waals surface area contributed by atoms with Gasteiger partial charge in [-0.25, -0.2) is 4.79 Å². The third-order valence-electron chi connectivity index (χ3n) is 5.28. The third-order valence-corrected chi connectivity index (χ3v) is 5.28. The number of benzene rings is 1. The van der Waals surface area contributed by atoms with Crippen molar-refractivity contribution in [2.45, 2.75) is 62.8 Å². The van der Waals surface area contributed by atoms with Gasteiger partial charge in [0.05, 0.1) is 5.60 Å². The van der Waals surface area contributed by atoms with Crippen molar-refractivity contribution in [3.05, 3.63) is 35.9 Å². The van der Waals surface area contributed by atoms with Gasteiger partial charge in [0.2, 0.25) is 0 Å². The summed E-state index contributed by atoms with van der Waals surface area (Å²) >= 11 is 0. The standard InChI is InChI=1S/C19H27NO4/c1-23-11-10-19(22)12-16-8-5-9-17(13-19)20(16)18(21)24-14-15-6-3-2-4-7-15/h2-4,6-7,16-17,22H,5,8-14H2,1H3. The van der Waals surface area contributed by atoms with E-state index in [1.165, 1.54) is 0 Å². The minimum absolute atomic E-state index is 0.0719. The molecule has 2 saturated heterocycles. The van der Waals surface area contributed by atoms with Crippen molar-refractivity contribution in [3.63, 3.8) is 0 Å². The van der Waals surface area contributed by atoms with Crippen molar-refractivity contribution in [1.82, 2.24) is 4.90 Å². The first kappa shape index (κ1) is 17.2. The van der Waals surface area contributed by atoms with E-state index in [0.29, 0.717) is 32.5 Å². The summed E-state index contributed by atoms with van der Waals surface area (Å²) in [5, 5.41) is 10.9. The molecular weight excluding hydrogens is 306 g/mol. The molecule has 0 aromatic heterocycles. The van der Waals surface area contributed by atoms with Gasteiger partial charge in [0.15, 0.2) is 0 Å².